The number of amides is 6. The maximum absolute atomic E-state index is 14.8. The Labute approximate surface area is 799 Å². The number of methoxy groups -OCH3 is 3. The van der Waals surface area contributed by atoms with E-state index >= 15 is 0 Å². The molecular weight excluding hydrogens is 1870 g/mol. The monoisotopic (exact) mass is 1950 g/mol. The first-order valence-corrected chi connectivity index (χ1v) is 45.1. The summed E-state index contributed by atoms with van der Waals surface area (Å²) in [6.45, 7) is 7.54. The third kappa shape index (κ3) is 26.7. The van der Waals surface area contributed by atoms with Gasteiger partial charge in [-0.2, -0.15) is 0 Å². The maximum atomic E-state index is 14.8. The van der Waals surface area contributed by atoms with Gasteiger partial charge in [-0.1, -0.05) is 77.9 Å². The smallest absolute Gasteiger partial charge is 0.348 e. The minimum absolute atomic E-state index is 0.0168. The number of ketones is 2. The second kappa shape index (κ2) is 46.2. The van der Waals surface area contributed by atoms with Crippen LogP contribution in [0.15, 0.2) is 231 Å². The molecule has 8 aromatic carbocycles. The van der Waals surface area contributed by atoms with Crippen LogP contribution in [0.3, 0.4) is 0 Å². The molecule has 37 heteroatoms. The number of nitrogens with zero attached hydrogens (tertiary/aromatic N) is 4. The van der Waals surface area contributed by atoms with Gasteiger partial charge in [0.25, 0.3) is 11.8 Å². The zero-order chi connectivity index (χ0) is 98.4. The molecule has 0 aliphatic carbocycles. The third-order valence-electron chi connectivity index (χ3n) is 20.2. The van der Waals surface area contributed by atoms with E-state index in [1.54, 1.807) is 147 Å². The number of aryl methyl sites for hydroxylation is 4. The average Bonchev–Trinajstić information content (AvgIpc) is 1.65. The lowest BCUT2D eigenvalue weighted by atomic mass is 10.0. The molecule has 8 aromatic heterocycles. The van der Waals surface area contributed by atoms with E-state index in [1.165, 1.54) is 111 Å². The molecule has 138 heavy (non-hydrogen) atoms. The van der Waals surface area contributed by atoms with E-state index in [2.05, 4.69) is 61.3 Å². The van der Waals surface area contributed by atoms with Gasteiger partial charge in [0.15, 0.2) is 0 Å². The number of urea groups is 2. The van der Waals surface area contributed by atoms with Crippen LogP contribution in [0.1, 0.15) is 96.0 Å². The van der Waals surface area contributed by atoms with Crippen molar-refractivity contribution in [3.05, 3.63) is 330 Å². The number of hydrogen-bond acceptors (Lipinski definition) is 24. The fraction of sp³-hybridized carbons (Fsp3) is 0.149. The zero-order valence-corrected chi connectivity index (χ0v) is 77.5. The number of benzene rings is 8. The van der Waals surface area contributed by atoms with Gasteiger partial charge in [-0.05, 0) is 176 Å². The summed E-state index contributed by atoms with van der Waals surface area (Å²) in [5.41, 5.74) is 9.53. The van der Waals surface area contributed by atoms with Gasteiger partial charge in [0.1, 0.15) is 90.7 Å². The summed E-state index contributed by atoms with van der Waals surface area (Å²) >= 11 is 4.70. The van der Waals surface area contributed by atoms with Crippen molar-refractivity contribution in [1.29, 1.82) is 0 Å². The molecule has 0 radical (unpaired) electrons. The molecule has 0 saturated heterocycles. The molecule has 27 nitrogen and oxygen atoms in total. The minimum Gasteiger partial charge on any atom is -0.477 e. The summed E-state index contributed by atoms with van der Waals surface area (Å²) in [5, 5.41) is 24.4. The van der Waals surface area contributed by atoms with Crippen molar-refractivity contribution in [1.82, 2.24) is 30.6 Å². The number of esters is 3. The Morgan fingerprint density at radius 1 is 0.348 bits per heavy atom. The number of anilines is 4. The fourth-order valence-corrected chi connectivity index (χ4v) is 17.4. The first-order valence-electron chi connectivity index (χ1n) is 41.9. The van der Waals surface area contributed by atoms with Crippen LogP contribution in [0.5, 0.6) is 34.5 Å². The Hall–Kier alpha value is -16.1. The van der Waals surface area contributed by atoms with Crippen molar-refractivity contribution in [3.63, 3.8) is 0 Å². The van der Waals surface area contributed by atoms with E-state index in [0.717, 1.165) is 72.4 Å². The van der Waals surface area contributed by atoms with Crippen LogP contribution in [0.2, 0.25) is 0 Å². The molecule has 0 aliphatic rings. The lowest BCUT2D eigenvalue weighted by Crippen LogP contribution is -2.25. The number of aromatic carboxylic acids is 1. The Balaban J connectivity index is 0.000000156. The van der Waals surface area contributed by atoms with Crippen LogP contribution in [0.25, 0.3) is 52.0 Å². The second-order valence-corrected chi connectivity index (χ2v) is 34.8. The number of nitrogens with one attached hydrogen (secondary N) is 6. The van der Waals surface area contributed by atoms with Crippen molar-refractivity contribution < 1.29 is 108 Å². The van der Waals surface area contributed by atoms with Gasteiger partial charge in [-0.15, -0.1) is 45.3 Å². The molecule has 16 rings (SSSR count). The highest BCUT2D eigenvalue weighted by Crippen LogP contribution is 2.41. The highest BCUT2D eigenvalue weighted by Gasteiger charge is 2.24. The highest BCUT2D eigenvalue weighted by molar-refractivity contribution is 7.22. The molecule has 0 unspecified atom stereocenters. The predicted octanol–water partition coefficient (Wildman–Crippen LogP) is 22.4. The normalized spacial score (nSPS) is 10.8. The van der Waals surface area contributed by atoms with Gasteiger partial charge in [0.2, 0.25) is 0 Å². The quantitative estimate of drug-likeness (QED) is 0.0130. The summed E-state index contributed by atoms with van der Waals surface area (Å²) in [6.07, 6.45) is 6.30. The number of halogens is 6. The minimum atomic E-state index is -0.987. The SMILES string of the molecule is COC(=O)CCNC(=O)c1cc2nccc(Oc3ccc(CC(=O)Cc4cc(C)ccc4F)c(F)c3)c2s1.COC(=O)CCNC(=O)c1cc2nccc(Oc3ccc(CC(=O)Cc4cc(C)ccc4F)cc3)c2s1.COC(=O)c1cc2nccc(Oc3ccc(NC(=O)Nc4cc(C)ccc4F)c(F)c3)c2s1.Cc1ccc(F)c(NC(=O)Nc2ccc(-c3ccnc4cc(C(=O)O)sc34)cc2)c1. The summed E-state index contributed by atoms with van der Waals surface area (Å²) in [5.74, 6) is -4.46. The third-order valence-corrected chi connectivity index (χ3v) is 24.8. The number of rotatable bonds is 29. The molecule has 0 saturated carbocycles. The predicted molar refractivity (Wildman–Crippen MR) is 514 cm³/mol. The van der Waals surface area contributed by atoms with E-state index in [0.29, 0.717) is 85.0 Å². The molecule has 7 N–H and O–H groups in total. The number of thiophene rings is 4. The Kier molecular flexibility index (Phi) is 33.3. The molecule has 0 fully saturated rings. The molecule has 0 spiro atoms. The Morgan fingerprint density at radius 3 is 1.22 bits per heavy atom. The van der Waals surface area contributed by atoms with Gasteiger partial charge in [0, 0.05) is 105 Å². The second-order valence-electron chi connectivity index (χ2n) is 30.6. The topological polar surface area (TPSA) is 370 Å². The van der Waals surface area contributed by atoms with Crippen molar-refractivity contribution >= 4 is 168 Å². The van der Waals surface area contributed by atoms with Crippen molar-refractivity contribution in [2.75, 3.05) is 55.7 Å². The number of carbonyl (C=O) groups excluding carboxylic acids is 9. The van der Waals surface area contributed by atoms with Gasteiger partial charge >= 0.3 is 35.9 Å². The molecule has 0 aliphatic heterocycles. The first-order chi connectivity index (χ1) is 66.3. The van der Waals surface area contributed by atoms with Crippen LogP contribution >= 0.6 is 45.3 Å². The molecule has 704 valence electrons. The number of carboxylic acids is 1. The zero-order valence-electron chi connectivity index (χ0n) is 74.3. The first kappa shape index (κ1) is 99.4. The molecule has 8 heterocycles. The number of pyridine rings is 4. The van der Waals surface area contributed by atoms with E-state index in [4.69, 9.17) is 18.9 Å². The highest BCUT2D eigenvalue weighted by atomic mass is 32.1. The van der Waals surface area contributed by atoms with Crippen molar-refractivity contribution in [2.24, 2.45) is 0 Å². The van der Waals surface area contributed by atoms with E-state index in [-0.39, 0.29) is 125 Å². The average molecular weight is 1950 g/mol. The summed E-state index contributed by atoms with van der Waals surface area (Å²) in [6, 6.07) is 52.1. The van der Waals surface area contributed by atoms with Crippen LogP contribution in [-0.2, 0) is 59.1 Å². The lowest BCUT2D eigenvalue weighted by molar-refractivity contribution is -0.141. The maximum Gasteiger partial charge on any atom is 0.348 e. The summed E-state index contributed by atoms with van der Waals surface area (Å²) < 4.78 is 119. The standard InChI is InChI=1S/C28H24F2N2O5S.C28H25FN2O5S.C23H17F2N3O4S.C22H16FN3O3S/c1-16-3-6-21(29)18(11-16)13-19(33)12-17-4-5-20(14-22(17)30)37-24-7-9-31-23-15-25(38-27(23)24)28(35)32-10-8-26(34)36-2;1-17-3-8-22(29)19(13-17)15-20(32)14-18-4-6-21(7-5-18)36-24-9-11-30-23-16-25(37-27(23)24)28(34)31-12-10-26(33)35-2;1-12-3-5-14(24)17(9-12)28-23(30)27-16-6-4-13(10-15(16)25)32-19-7-8-26-18-11-20(22(29)31-2)33-21(18)19;1-12-2-7-16(23)17(10-12)26-22(29)25-14-5-3-13(4-6-14)15-8-9-24-18-11-19(21(27)28)30-20(15)18/h3-7,9,11,14-15H,8,10,12-13H2,1-2H3,(H,32,35);3-9,11,13,16H,10,12,14-15H2,1-2H3,(H,31,34);3-11H,1-2H3,(H2,27,28,30);2-11H,1H3,(H,27,28)(H2,25,26,29). The van der Waals surface area contributed by atoms with E-state index < -0.39 is 65.0 Å². The largest absolute Gasteiger partial charge is 0.477 e. The molecule has 0 atom stereocenters. The number of ether oxygens (including phenoxy) is 6. The molecular formula is C101H82F6N10O17S4. The van der Waals surface area contributed by atoms with Gasteiger partial charge in [0.05, 0.1) is 102 Å². The molecule has 6 amide bonds. The van der Waals surface area contributed by atoms with Gasteiger partial charge in [-0.25, -0.2) is 45.5 Å². The van der Waals surface area contributed by atoms with Crippen molar-refractivity contribution in [2.45, 2.75) is 66.2 Å². The number of carboxylic acid groups (broad SMARTS) is 1. The van der Waals surface area contributed by atoms with E-state index in [9.17, 15) is 79.4 Å². The van der Waals surface area contributed by atoms with Crippen molar-refractivity contribution in [3.8, 4) is 45.6 Å². The van der Waals surface area contributed by atoms with Crippen LogP contribution in [0, 0.1) is 62.6 Å². The fourth-order valence-electron chi connectivity index (χ4n) is 13.5. The van der Waals surface area contributed by atoms with Crippen LogP contribution in [-0.4, -0.2) is 119 Å². The van der Waals surface area contributed by atoms with Gasteiger partial charge < -0.3 is 65.4 Å². The number of carbonyl (C=O) groups is 10. The lowest BCUT2D eigenvalue weighted by Gasteiger charge is -2.11. The van der Waals surface area contributed by atoms with Gasteiger partial charge in [-0.3, -0.25) is 48.7 Å². The van der Waals surface area contributed by atoms with E-state index in [1.807, 2.05) is 39.0 Å². The van der Waals surface area contributed by atoms with Crippen LogP contribution in [0.4, 0.5) is 58.7 Å². The number of aromatic nitrogens is 4. The molecule has 0 bridgehead atoms. The number of fused-ring (bicyclic) bond motifs is 4. The Bertz CT molecular complexity index is 7320. The summed E-state index contributed by atoms with van der Waals surface area (Å²) in [7, 11) is 3.86. The summed E-state index contributed by atoms with van der Waals surface area (Å²) in [4.78, 5) is 138. The Morgan fingerprint density at radius 2 is 0.746 bits per heavy atom. The molecule has 16 aromatic rings. The van der Waals surface area contributed by atoms with Crippen LogP contribution < -0.4 is 46.1 Å². The number of Topliss-reactive ketones (excluding diaryl/α,β-unsaturated/α-hetero) is 2. The number of hydrogen-bond donors (Lipinski definition) is 7.